The van der Waals surface area contributed by atoms with Crippen LogP contribution in [-0.4, -0.2) is 9.91 Å². The van der Waals surface area contributed by atoms with Crippen LogP contribution in [0.2, 0.25) is 0 Å². The van der Waals surface area contributed by atoms with Crippen LogP contribution >= 0.6 is 0 Å². The number of rotatable bonds is 1. The molecule has 0 amide bonds. The monoisotopic (exact) mass is 250 g/mol. The molecule has 0 aliphatic carbocycles. The normalized spacial score (nSPS) is 10.8. The van der Waals surface area contributed by atoms with E-state index in [2.05, 4.69) is 30.7 Å². The van der Waals surface area contributed by atoms with E-state index >= 15 is 0 Å². The summed E-state index contributed by atoms with van der Waals surface area (Å²) < 4.78 is 1.59. The summed E-state index contributed by atoms with van der Waals surface area (Å²) in [6.45, 7) is 6.52. The Bertz CT molecular complexity index is 238. The number of aryl methyl sites for hydroxylation is 2. The first-order chi connectivity index (χ1) is 4.66. The summed E-state index contributed by atoms with van der Waals surface area (Å²) in [5, 5.41) is 0. The van der Waals surface area contributed by atoms with E-state index in [9.17, 15) is 0 Å². The second-order valence-corrected chi connectivity index (χ2v) is 4.66. The van der Waals surface area contributed by atoms with Gasteiger partial charge in [0.1, 0.15) is 0 Å². The van der Waals surface area contributed by atoms with Gasteiger partial charge in [0.25, 0.3) is 0 Å². The fourth-order valence-corrected chi connectivity index (χ4v) is 3.32. The van der Waals surface area contributed by atoms with Gasteiger partial charge in [0.05, 0.1) is 0 Å². The van der Waals surface area contributed by atoms with Gasteiger partial charge in [-0.1, -0.05) is 0 Å². The first-order valence-electron chi connectivity index (χ1n) is 3.32. The van der Waals surface area contributed by atoms with Gasteiger partial charge in [0.2, 0.25) is 0 Å². The number of hydrogen-bond donors (Lipinski definition) is 1. The average molecular weight is 250 g/mol. The standard InChI is InChI=1S/C8H13IN/c1-5-6(2)10-7(3)8(5)9-4/h10H,1-4H3/q-1. The molecule has 0 saturated carbocycles. The van der Waals surface area contributed by atoms with Gasteiger partial charge in [-0.25, -0.2) is 0 Å². The molecule has 2 heteroatoms. The number of H-pyrrole nitrogens is 1. The Hall–Kier alpha value is 0.01000. The Labute approximate surface area is 72.5 Å². The summed E-state index contributed by atoms with van der Waals surface area (Å²) in [7, 11) is 0. The van der Waals surface area contributed by atoms with Crippen LogP contribution in [-0.2, 0) is 0 Å². The Balaban J connectivity index is 3.20. The molecule has 0 unspecified atom stereocenters. The van der Waals surface area contributed by atoms with Crippen molar-refractivity contribution < 1.29 is 21.2 Å². The zero-order valence-corrected chi connectivity index (χ0v) is 9.04. The molecular weight excluding hydrogens is 237 g/mol. The molecular formula is C8H13IN-. The molecule has 1 heterocycles. The topological polar surface area (TPSA) is 15.8 Å². The zero-order valence-electron chi connectivity index (χ0n) is 6.88. The molecule has 0 aromatic carbocycles. The zero-order chi connectivity index (χ0) is 7.72. The van der Waals surface area contributed by atoms with Gasteiger partial charge >= 0.3 is 72.4 Å². The van der Waals surface area contributed by atoms with Gasteiger partial charge in [-0.05, 0) is 0 Å². The molecule has 0 spiro atoms. The van der Waals surface area contributed by atoms with E-state index in [1.54, 1.807) is 3.57 Å². The first-order valence-corrected chi connectivity index (χ1v) is 6.55. The van der Waals surface area contributed by atoms with Crippen LogP contribution in [0.5, 0.6) is 0 Å². The predicted octanol–water partition coefficient (Wildman–Crippen LogP) is -1.17. The van der Waals surface area contributed by atoms with E-state index in [1.165, 1.54) is 17.0 Å². The van der Waals surface area contributed by atoms with Crippen molar-refractivity contribution >= 4 is 0 Å². The Morgan fingerprint density at radius 2 is 1.70 bits per heavy atom. The van der Waals surface area contributed by atoms with E-state index < -0.39 is 0 Å². The summed E-state index contributed by atoms with van der Waals surface area (Å²) in [6.07, 6.45) is 0. The van der Waals surface area contributed by atoms with Crippen LogP contribution in [0, 0.1) is 24.3 Å². The molecule has 1 aromatic heterocycles. The molecule has 0 bridgehead atoms. The third-order valence-corrected chi connectivity index (χ3v) is 4.48. The fraction of sp³-hybridized carbons (Fsp3) is 0.500. The van der Waals surface area contributed by atoms with Gasteiger partial charge in [-0.2, -0.15) is 0 Å². The molecule has 1 rings (SSSR count). The van der Waals surface area contributed by atoms with Crippen molar-refractivity contribution in [2.24, 2.45) is 0 Å². The maximum absolute atomic E-state index is 3.35. The SMILES string of the molecule is C[I-]c1c(C)[nH]c(C)c1C. The van der Waals surface area contributed by atoms with E-state index in [0.29, 0.717) is 0 Å². The second-order valence-electron chi connectivity index (χ2n) is 2.50. The summed E-state index contributed by atoms with van der Waals surface area (Å²) in [5.74, 6) is 0. The van der Waals surface area contributed by atoms with Crippen LogP contribution in [0.15, 0.2) is 0 Å². The van der Waals surface area contributed by atoms with Gasteiger partial charge < -0.3 is 0 Å². The van der Waals surface area contributed by atoms with Crippen molar-refractivity contribution in [2.75, 3.05) is 4.93 Å². The molecule has 0 aliphatic rings. The number of halogens is 1. The van der Waals surface area contributed by atoms with E-state index in [1.807, 2.05) is 0 Å². The van der Waals surface area contributed by atoms with Crippen molar-refractivity contribution in [3.8, 4) is 0 Å². The third-order valence-electron chi connectivity index (χ3n) is 1.78. The first kappa shape index (κ1) is 8.11. The van der Waals surface area contributed by atoms with E-state index in [0.717, 1.165) is 0 Å². The number of nitrogens with one attached hydrogen (secondary N) is 1. The van der Waals surface area contributed by atoms with Gasteiger partial charge in [0.15, 0.2) is 0 Å². The predicted molar refractivity (Wildman–Crippen MR) is 39.6 cm³/mol. The van der Waals surface area contributed by atoms with Crippen LogP contribution in [0.25, 0.3) is 0 Å². The minimum atomic E-state index is 0.256. The van der Waals surface area contributed by atoms with Crippen molar-refractivity contribution in [1.82, 2.24) is 4.98 Å². The molecule has 1 aromatic rings. The summed E-state index contributed by atoms with van der Waals surface area (Å²) >= 11 is 0.256. The fourth-order valence-electron chi connectivity index (χ4n) is 1.16. The van der Waals surface area contributed by atoms with Gasteiger partial charge in [0, 0.05) is 0 Å². The van der Waals surface area contributed by atoms with Crippen LogP contribution in [0.1, 0.15) is 17.0 Å². The third kappa shape index (κ3) is 1.21. The minimum absolute atomic E-state index is 0.256. The molecule has 0 aliphatic heterocycles. The van der Waals surface area contributed by atoms with E-state index in [-0.39, 0.29) is 21.2 Å². The van der Waals surface area contributed by atoms with Gasteiger partial charge in [-0.15, -0.1) is 0 Å². The van der Waals surface area contributed by atoms with Crippen LogP contribution < -0.4 is 21.2 Å². The van der Waals surface area contributed by atoms with Gasteiger partial charge in [-0.3, -0.25) is 0 Å². The summed E-state index contributed by atoms with van der Waals surface area (Å²) in [4.78, 5) is 5.66. The quantitative estimate of drug-likeness (QED) is 0.477. The molecule has 58 valence electrons. The van der Waals surface area contributed by atoms with Crippen molar-refractivity contribution in [1.29, 1.82) is 0 Å². The molecule has 1 N–H and O–H groups in total. The van der Waals surface area contributed by atoms with Crippen molar-refractivity contribution in [3.63, 3.8) is 0 Å². The van der Waals surface area contributed by atoms with Crippen molar-refractivity contribution in [2.45, 2.75) is 20.8 Å². The number of alkyl halides is 1. The number of aromatic amines is 1. The summed E-state index contributed by atoms with van der Waals surface area (Å²) in [6, 6.07) is 0. The van der Waals surface area contributed by atoms with Crippen molar-refractivity contribution in [3.05, 3.63) is 20.5 Å². The Kier molecular flexibility index (Phi) is 2.39. The molecule has 0 saturated heterocycles. The summed E-state index contributed by atoms with van der Waals surface area (Å²) in [5.41, 5.74) is 4.20. The Morgan fingerprint density at radius 1 is 1.10 bits per heavy atom. The van der Waals surface area contributed by atoms with Crippen LogP contribution in [0.3, 0.4) is 0 Å². The molecule has 0 atom stereocenters. The molecule has 0 radical (unpaired) electrons. The molecule has 0 fully saturated rings. The molecule has 1 nitrogen and oxygen atoms in total. The van der Waals surface area contributed by atoms with E-state index in [4.69, 9.17) is 0 Å². The second kappa shape index (κ2) is 2.95. The average Bonchev–Trinajstić information content (AvgIpc) is 2.09. The number of hydrogen-bond acceptors (Lipinski definition) is 0. The molecule has 10 heavy (non-hydrogen) atoms. The maximum atomic E-state index is 3.35. The number of aromatic nitrogens is 1. The van der Waals surface area contributed by atoms with Crippen LogP contribution in [0.4, 0.5) is 0 Å². The Morgan fingerprint density at radius 3 is 1.90 bits per heavy atom.